The molecule has 1 aromatic carbocycles. The van der Waals surface area contributed by atoms with Gasteiger partial charge in [-0.15, -0.1) is 0 Å². The molecule has 1 saturated heterocycles. The van der Waals surface area contributed by atoms with E-state index in [1.807, 2.05) is 49.9 Å². The van der Waals surface area contributed by atoms with Gasteiger partial charge in [0.1, 0.15) is 0 Å². The second kappa shape index (κ2) is 9.52. The van der Waals surface area contributed by atoms with E-state index in [9.17, 15) is 9.59 Å². The van der Waals surface area contributed by atoms with E-state index in [-0.39, 0.29) is 17.7 Å². The van der Waals surface area contributed by atoms with Gasteiger partial charge in [0.2, 0.25) is 11.8 Å². The number of carbonyl (C=O) groups excluding carboxylic acids is 2. The SMILES string of the molecule is CCCC(=O)N1CCN(c2ccc(NC(=S)NC(=O)C(C)C)cc2)CC1. The van der Waals surface area contributed by atoms with E-state index in [4.69, 9.17) is 12.2 Å². The van der Waals surface area contributed by atoms with Crippen LogP contribution in [0, 0.1) is 5.92 Å². The molecule has 2 N–H and O–H groups in total. The minimum atomic E-state index is -0.111. The van der Waals surface area contributed by atoms with Gasteiger partial charge in [-0.05, 0) is 42.9 Å². The molecule has 0 spiro atoms. The van der Waals surface area contributed by atoms with E-state index >= 15 is 0 Å². The van der Waals surface area contributed by atoms with Gasteiger partial charge < -0.3 is 20.4 Å². The van der Waals surface area contributed by atoms with E-state index in [1.54, 1.807) is 0 Å². The quantitative estimate of drug-likeness (QED) is 0.774. The first-order valence-electron chi connectivity index (χ1n) is 9.15. The van der Waals surface area contributed by atoms with Crippen LogP contribution in [-0.2, 0) is 9.59 Å². The molecule has 1 aliphatic rings. The third-order valence-corrected chi connectivity index (χ3v) is 4.55. The average Bonchev–Trinajstić information content (AvgIpc) is 2.62. The van der Waals surface area contributed by atoms with Crippen LogP contribution in [0.3, 0.4) is 0 Å². The third kappa shape index (κ3) is 5.69. The zero-order valence-corrected chi connectivity index (χ0v) is 16.6. The highest BCUT2D eigenvalue weighted by Gasteiger charge is 2.20. The molecule has 7 heteroatoms. The van der Waals surface area contributed by atoms with Crippen molar-refractivity contribution in [1.29, 1.82) is 0 Å². The fourth-order valence-electron chi connectivity index (χ4n) is 2.76. The van der Waals surface area contributed by atoms with Crippen LogP contribution in [0.2, 0.25) is 0 Å². The summed E-state index contributed by atoms with van der Waals surface area (Å²) in [5.41, 5.74) is 1.95. The molecule has 2 rings (SSSR count). The molecule has 0 bridgehead atoms. The van der Waals surface area contributed by atoms with Crippen LogP contribution in [0.15, 0.2) is 24.3 Å². The number of hydrogen-bond acceptors (Lipinski definition) is 4. The van der Waals surface area contributed by atoms with Gasteiger partial charge in [-0.25, -0.2) is 0 Å². The fraction of sp³-hybridized carbons (Fsp3) is 0.526. The minimum Gasteiger partial charge on any atom is -0.368 e. The van der Waals surface area contributed by atoms with Gasteiger partial charge in [-0.2, -0.15) is 0 Å². The van der Waals surface area contributed by atoms with Crippen LogP contribution in [0.5, 0.6) is 0 Å². The van der Waals surface area contributed by atoms with Crippen LogP contribution >= 0.6 is 12.2 Å². The van der Waals surface area contributed by atoms with Crippen molar-refractivity contribution in [2.45, 2.75) is 33.6 Å². The summed E-state index contributed by atoms with van der Waals surface area (Å²) in [6.07, 6.45) is 1.53. The van der Waals surface area contributed by atoms with E-state index in [2.05, 4.69) is 15.5 Å². The summed E-state index contributed by atoms with van der Waals surface area (Å²) in [5.74, 6) is 0.0401. The molecular formula is C19H28N4O2S. The maximum atomic E-state index is 12.0. The highest BCUT2D eigenvalue weighted by molar-refractivity contribution is 7.80. The number of amides is 2. The Morgan fingerprint density at radius 3 is 2.27 bits per heavy atom. The Kier molecular flexibility index (Phi) is 7.38. The monoisotopic (exact) mass is 376 g/mol. The molecule has 0 aliphatic carbocycles. The molecule has 2 amide bonds. The summed E-state index contributed by atoms with van der Waals surface area (Å²) in [6, 6.07) is 7.94. The predicted octanol–water partition coefficient (Wildman–Crippen LogP) is 2.60. The molecule has 1 aromatic rings. The minimum absolute atomic E-state index is 0.102. The van der Waals surface area contributed by atoms with Crippen LogP contribution in [0.25, 0.3) is 0 Å². The molecule has 6 nitrogen and oxygen atoms in total. The summed E-state index contributed by atoms with van der Waals surface area (Å²) >= 11 is 5.16. The first kappa shape index (κ1) is 20.2. The highest BCUT2D eigenvalue weighted by atomic mass is 32.1. The van der Waals surface area contributed by atoms with Gasteiger partial charge in [0.15, 0.2) is 5.11 Å². The lowest BCUT2D eigenvalue weighted by molar-refractivity contribution is -0.131. The summed E-state index contributed by atoms with van der Waals surface area (Å²) in [6.45, 7) is 8.89. The van der Waals surface area contributed by atoms with Crippen molar-refractivity contribution in [2.75, 3.05) is 36.4 Å². The van der Waals surface area contributed by atoms with Crippen molar-refractivity contribution in [3.05, 3.63) is 24.3 Å². The first-order valence-corrected chi connectivity index (χ1v) is 9.56. The molecule has 142 valence electrons. The van der Waals surface area contributed by atoms with Crippen LogP contribution in [0.1, 0.15) is 33.6 Å². The van der Waals surface area contributed by atoms with Crippen LogP contribution < -0.4 is 15.5 Å². The maximum absolute atomic E-state index is 12.0. The maximum Gasteiger partial charge on any atom is 0.228 e. The van der Waals surface area contributed by atoms with Crippen molar-refractivity contribution in [3.8, 4) is 0 Å². The molecule has 26 heavy (non-hydrogen) atoms. The second-order valence-corrected chi connectivity index (χ2v) is 7.17. The van der Waals surface area contributed by atoms with E-state index in [1.165, 1.54) is 0 Å². The molecule has 0 unspecified atom stereocenters. The Labute approximate surface area is 160 Å². The molecule has 0 saturated carbocycles. The van der Waals surface area contributed by atoms with Crippen molar-refractivity contribution in [2.24, 2.45) is 5.92 Å². The Morgan fingerprint density at radius 1 is 1.12 bits per heavy atom. The van der Waals surface area contributed by atoms with E-state index in [0.717, 1.165) is 44.0 Å². The zero-order valence-electron chi connectivity index (χ0n) is 15.7. The van der Waals surface area contributed by atoms with Gasteiger partial charge >= 0.3 is 0 Å². The van der Waals surface area contributed by atoms with Crippen molar-refractivity contribution >= 4 is 40.5 Å². The summed E-state index contributed by atoms with van der Waals surface area (Å²) in [4.78, 5) is 27.8. The van der Waals surface area contributed by atoms with Crippen molar-refractivity contribution in [3.63, 3.8) is 0 Å². The normalized spacial score (nSPS) is 14.3. The third-order valence-electron chi connectivity index (χ3n) is 4.35. The number of nitrogens with zero attached hydrogens (tertiary/aromatic N) is 2. The lowest BCUT2D eigenvalue weighted by Crippen LogP contribution is -2.48. The summed E-state index contributed by atoms with van der Waals surface area (Å²) in [7, 11) is 0. The molecule has 0 atom stereocenters. The fourth-order valence-corrected chi connectivity index (χ4v) is 2.98. The molecule has 1 aliphatic heterocycles. The standard InChI is InChI=1S/C19H28N4O2S/c1-4-5-17(24)23-12-10-22(11-13-23)16-8-6-15(7-9-16)20-19(26)21-18(25)14(2)3/h6-9,14H,4-5,10-13H2,1-3H3,(H2,20,21,25,26). The number of rotatable bonds is 5. The van der Waals surface area contributed by atoms with E-state index < -0.39 is 0 Å². The van der Waals surface area contributed by atoms with Crippen LogP contribution in [0.4, 0.5) is 11.4 Å². The molecule has 0 aromatic heterocycles. The van der Waals surface area contributed by atoms with Gasteiger partial charge in [0.05, 0.1) is 0 Å². The summed E-state index contributed by atoms with van der Waals surface area (Å²) in [5, 5.41) is 5.99. The Balaban J connectivity index is 1.85. The van der Waals surface area contributed by atoms with Gasteiger partial charge in [0, 0.05) is 49.9 Å². The number of piperazine rings is 1. The molecule has 1 heterocycles. The number of thiocarbonyl (C=S) groups is 1. The molecule has 1 fully saturated rings. The number of anilines is 2. The highest BCUT2D eigenvalue weighted by Crippen LogP contribution is 2.20. The topological polar surface area (TPSA) is 64.7 Å². The van der Waals surface area contributed by atoms with E-state index in [0.29, 0.717) is 11.5 Å². The number of nitrogens with one attached hydrogen (secondary N) is 2. The summed E-state index contributed by atoms with van der Waals surface area (Å²) < 4.78 is 0. The lowest BCUT2D eigenvalue weighted by atomic mass is 10.2. The second-order valence-electron chi connectivity index (χ2n) is 6.76. The van der Waals surface area contributed by atoms with Crippen LogP contribution in [-0.4, -0.2) is 48.0 Å². The average molecular weight is 377 g/mol. The Morgan fingerprint density at radius 2 is 1.73 bits per heavy atom. The number of carbonyl (C=O) groups is 2. The molecule has 0 radical (unpaired) electrons. The predicted molar refractivity (Wildman–Crippen MR) is 109 cm³/mol. The zero-order chi connectivity index (χ0) is 19.1. The van der Waals surface area contributed by atoms with Crippen molar-refractivity contribution in [1.82, 2.24) is 10.2 Å². The van der Waals surface area contributed by atoms with Crippen molar-refractivity contribution < 1.29 is 9.59 Å². The number of hydrogen-bond donors (Lipinski definition) is 2. The smallest absolute Gasteiger partial charge is 0.228 e. The Hall–Kier alpha value is -2.15. The largest absolute Gasteiger partial charge is 0.368 e. The Bertz CT molecular complexity index is 637. The lowest BCUT2D eigenvalue weighted by Gasteiger charge is -2.36. The van der Waals surface area contributed by atoms with Gasteiger partial charge in [-0.3, -0.25) is 9.59 Å². The molecular weight excluding hydrogens is 348 g/mol. The van der Waals surface area contributed by atoms with Gasteiger partial charge in [-0.1, -0.05) is 20.8 Å². The van der Waals surface area contributed by atoms with Gasteiger partial charge in [0.25, 0.3) is 0 Å². The first-order chi connectivity index (χ1) is 12.4. The number of benzene rings is 1.